The standard InChI is InChI=1S/C14H13ClN6O/c1-3-11-17-14-19-18-12(8(2)21(14)20-11)13(22)16-10-6-4-5-9(15)7-10/h4-7H,3H2,1-2H3,(H,16,22). The average molecular weight is 317 g/mol. The Bertz CT molecular complexity index is 860. The van der Waals surface area contributed by atoms with Crippen molar-refractivity contribution in [1.29, 1.82) is 0 Å². The molecule has 2 aromatic heterocycles. The molecule has 0 bridgehead atoms. The van der Waals surface area contributed by atoms with Gasteiger partial charge in [0.2, 0.25) is 0 Å². The Morgan fingerprint density at radius 1 is 1.36 bits per heavy atom. The predicted molar refractivity (Wildman–Crippen MR) is 82.1 cm³/mol. The summed E-state index contributed by atoms with van der Waals surface area (Å²) in [5.74, 6) is 0.668. The van der Waals surface area contributed by atoms with Crippen LogP contribution in [-0.2, 0) is 6.42 Å². The number of hydrogen-bond acceptors (Lipinski definition) is 5. The normalized spacial score (nSPS) is 10.9. The number of rotatable bonds is 3. The molecule has 1 amide bonds. The highest BCUT2D eigenvalue weighted by Gasteiger charge is 2.17. The molecule has 0 unspecified atom stereocenters. The van der Waals surface area contributed by atoms with Gasteiger partial charge in [0, 0.05) is 17.1 Å². The molecule has 0 atom stereocenters. The van der Waals surface area contributed by atoms with Gasteiger partial charge in [-0.05, 0) is 25.1 Å². The van der Waals surface area contributed by atoms with Crippen LogP contribution in [0.4, 0.5) is 5.69 Å². The largest absolute Gasteiger partial charge is 0.320 e. The van der Waals surface area contributed by atoms with Crippen LogP contribution in [0.3, 0.4) is 0 Å². The lowest BCUT2D eigenvalue weighted by Gasteiger charge is -2.07. The average Bonchev–Trinajstić information content (AvgIpc) is 2.91. The van der Waals surface area contributed by atoms with E-state index in [1.807, 2.05) is 6.92 Å². The van der Waals surface area contributed by atoms with Crippen molar-refractivity contribution in [3.63, 3.8) is 0 Å². The van der Waals surface area contributed by atoms with Crippen molar-refractivity contribution in [2.24, 2.45) is 0 Å². The van der Waals surface area contributed by atoms with Crippen LogP contribution < -0.4 is 5.32 Å². The fraction of sp³-hybridized carbons (Fsp3) is 0.214. The molecule has 0 saturated carbocycles. The first-order chi connectivity index (χ1) is 10.6. The zero-order valence-corrected chi connectivity index (χ0v) is 12.8. The molecule has 0 spiro atoms. The van der Waals surface area contributed by atoms with Gasteiger partial charge in [0.15, 0.2) is 11.5 Å². The number of aromatic nitrogens is 5. The Kier molecular flexibility index (Phi) is 3.72. The second-order valence-electron chi connectivity index (χ2n) is 4.69. The molecule has 8 heteroatoms. The molecular weight excluding hydrogens is 304 g/mol. The number of amides is 1. The van der Waals surface area contributed by atoms with Gasteiger partial charge < -0.3 is 5.32 Å². The smallest absolute Gasteiger partial charge is 0.278 e. The van der Waals surface area contributed by atoms with E-state index >= 15 is 0 Å². The molecule has 112 valence electrons. The molecule has 3 aromatic rings. The summed E-state index contributed by atoms with van der Waals surface area (Å²) in [5, 5.41) is 15.5. The second-order valence-corrected chi connectivity index (χ2v) is 5.13. The van der Waals surface area contributed by atoms with Crippen molar-refractivity contribution < 1.29 is 4.79 Å². The minimum absolute atomic E-state index is 0.194. The molecule has 7 nitrogen and oxygen atoms in total. The summed E-state index contributed by atoms with van der Waals surface area (Å²) in [7, 11) is 0. The van der Waals surface area contributed by atoms with Crippen LogP contribution in [0.1, 0.15) is 28.9 Å². The summed E-state index contributed by atoms with van der Waals surface area (Å²) in [5.41, 5.74) is 1.36. The van der Waals surface area contributed by atoms with Crippen LogP contribution in [0.15, 0.2) is 24.3 Å². The van der Waals surface area contributed by atoms with E-state index in [1.54, 1.807) is 31.2 Å². The van der Waals surface area contributed by atoms with Crippen molar-refractivity contribution in [1.82, 2.24) is 24.8 Å². The number of benzene rings is 1. The number of nitrogens with one attached hydrogen (secondary N) is 1. The van der Waals surface area contributed by atoms with Crippen LogP contribution in [0.25, 0.3) is 5.78 Å². The van der Waals surface area contributed by atoms with Gasteiger partial charge in [-0.1, -0.05) is 24.6 Å². The molecule has 0 fully saturated rings. The third-order valence-electron chi connectivity index (χ3n) is 3.15. The van der Waals surface area contributed by atoms with Gasteiger partial charge in [0.05, 0.1) is 5.69 Å². The fourth-order valence-corrected chi connectivity index (χ4v) is 2.21. The lowest BCUT2D eigenvalue weighted by molar-refractivity contribution is 0.102. The quantitative estimate of drug-likeness (QED) is 0.801. The van der Waals surface area contributed by atoms with E-state index < -0.39 is 0 Å². The molecule has 0 saturated heterocycles. The molecule has 3 rings (SSSR count). The van der Waals surface area contributed by atoms with Crippen molar-refractivity contribution in [2.45, 2.75) is 20.3 Å². The predicted octanol–water partition coefficient (Wildman–Crippen LogP) is 2.30. The number of carbonyl (C=O) groups excluding carboxylic acids is 1. The lowest BCUT2D eigenvalue weighted by atomic mass is 10.3. The zero-order chi connectivity index (χ0) is 15.7. The van der Waals surface area contributed by atoms with Crippen LogP contribution in [0.2, 0.25) is 5.02 Å². The summed E-state index contributed by atoms with van der Waals surface area (Å²) in [4.78, 5) is 16.6. The summed E-state index contributed by atoms with van der Waals surface area (Å²) in [6.07, 6.45) is 0.687. The van der Waals surface area contributed by atoms with Crippen LogP contribution >= 0.6 is 11.6 Å². The van der Waals surface area contributed by atoms with Crippen molar-refractivity contribution in [2.75, 3.05) is 5.32 Å². The number of carbonyl (C=O) groups is 1. The van der Waals surface area contributed by atoms with Gasteiger partial charge in [-0.15, -0.1) is 15.3 Å². The third kappa shape index (κ3) is 2.62. The van der Waals surface area contributed by atoms with Crippen molar-refractivity contribution in [3.05, 3.63) is 46.5 Å². The van der Waals surface area contributed by atoms with E-state index in [0.29, 0.717) is 34.4 Å². The van der Waals surface area contributed by atoms with E-state index in [0.717, 1.165) is 0 Å². The zero-order valence-electron chi connectivity index (χ0n) is 12.0. The topological polar surface area (TPSA) is 85.1 Å². The number of aryl methyl sites for hydroxylation is 2. The van der Waals surface area contributed by atoms with Gasteiger partial charge in [-0.3, -0.25) is 4.79 Å². The first kappa shape index (κ1) is 14.4. The summed E-state index contributed by atoms with van der Waals surface area (Å²) < 4.78 is 1.53. The monoisotopic (exact) mass is 316 g/mol. The minimum atomic E-state index is -0.372. The Hall–Kier alpha value is -2.54. The molecule has 1 N–H and O–H groups in total. The molecule has 0 aliphatic rings. The minimum Gasteiger partial charge on any atom is -0.320 e. The number of hydrogen-bond donors (Lipinski definition) is 1. The SMILES string of the molecule is CCc1nc2nnc(C(=O)Nc3cccc(Cl)c3)c(C)n2n1. The second kappa shape index (κ2) is 5.69. The molecule has 0 radical (unpaired) electrons. The van der Waals surface area contributed by atoms with Gasteiger partial charge in [0.25, 0.3) is 11.7 Å². The number of nitrogens with zero attached hydrogens (tertiary/aromatic N) is 5. The van der Waals surface area contributed by atoms with Gasteiger partial charge in [-0.2, -0.15) is 9.50 Å². The van der Waals surface area contributed by atoms with Gasteiger partial charge in [0.1, 0.15) is 0 Å². The number of fused-ring (bicyclic) bond motifs is 1. The number of halogens is 1. The Labute approximate surface area is 131 Å². The molecule has 0 aliphatic carbocycles. The first-order valence-corrected chi connectivity index (χ1v) is 7.12. The molecule has 2 heterocycles. The molecule has 22 heavy (non-hydrogen) atoms. The maximum atomic E-state index is 12.3. The molecular formula is C14H13ClN6O. The summed E-state index contributed by atoms with van der Waals surface area (Å²) in [6.45, 7) is 3.70. The molecule has 1 aromatic carbocycles. The van der Waals surface area contributed by atoms with Crippen LogP contribution in [0, 0.1) is 6.92 Å². The summed E-state index contributed by atoms with van der Waals surface area (Å²) in [6, 6.07) is 6.89. The summed E-state index contributed by atoms with van der Waals surface area (Å²) >= 11 is 5.90. The maximum Gasteiger partial charge on any atom is 0.278 e. The number of anilines is 1. The van der Waals surface area contributed by atoms with E-state index in [-0.39, 0.29) is 11.6 Å². The van der Waals surface area contributed by atoms with Gasteiger partial charge >= 0.3 is 0 Å². The van der Waals surface area contributed by atoms with E-state index in [4.69, 9.17) is 11.6 Å². The van der Waals surface area contributed by atoms with E-state index in [1.165, 1.54) is 4.52 Å². The fourth-order valence-electron chi connectivity index (χ4n) is 2.02. The highest BCUT2D eigenvalue weighted by atomic mass is 35.5. The molecule has 0 aliphatic heterocycles. The first-order valence-electron chi connectivity index (χ1n) is 6.74. The Morgan fingerprint density at radius 2 is 2.18 bits per heavy atom. The van der Waals surface area contributed by atoms with E-state index in [9.17, 15) is 4.79 Å². The van der Waals surface area contributed by atoms with E-state index in [2.05, 4.69) is 25.6 Å². The van der Waals surface area contributed by atoms with Gasteiger partial charge in [-0.25, -0.2) is 0 Å². The highest BCUT2D eigenvalue weighted by molar-refractivity contribution is 6.30. The van der Waals surface area contributed by atoms with Crippen molar-refractivity contribution in [3.8, 4) is 0 Å². The third-order valence-corrected chi connectivity index (χ3v) is 3.38. The van der Waals surface area contributed by atoms with Crippen molar-refractivity contribution >= 4 is 29.0 Å². The highest BCUT2D eigenvalue weighted by Crippen LogP contribution is 2.16. The Balaban J connectivity index is 1.95. The maximum absolute atomic E-state index is 12.3. The van der Waals surface area contributed by atoms with Crippen LogP contribution in [0.5, 0.6) is 0 Å². The lowest BCUT2D eigenvalue weighted by Crippen LogP contribution is -2.18. The Morgan fingerprint density at radius 3 is 2.91 bits per heavy atom. The van der Waals surface area contributed by atoms with Crippen LogP contribution in [-0.4, -0.2) is 30.7 Å².